The molecule has 1 atom stereocenters. The Hall–Kier alpha value is -2.43. The average Bonchev–Trinajstić information content (AvgIpc) is 2.52. The third-order valence-electron chi connectivity index (χ3n) is 3.18. The SMILES string of the molecule is CCC(NC(=O)c1cccc(F)n1)c1ccc(OC)cc1. The summed E-state index contributed by atoms with van der Waals surface area (Å²) >= 11 is 0. The summed E-state index contributed by atoms with van der Waals surface area (Å²) in [5.41, 5.74) is 1.03. The van der Waals surface area contributed by atoms with Gasteiger partial charge in [-0.1, -0.05) is 25.1 Å². The number of rotatable bonds is 5. The molecule has 0 saturated heterocycles. The molecule has 0 radical (unpaired) electrons. The zero-order chi connectivity index (χ0) is 15.2. The molecular weight excluding hydrogens is 271 g/mol. The first kappa shape index (κ1) is 15.0. The van der Waals surface area contributed by atoms with Gasteiger partial charge in [0.15, 0.2) is 0 Å². The number of methoxy groups -OCH3 is 1. The van der Waals surface area contributed by atoms with E-state index in [2.05, 4.69) is 10.3 Å². The van der Waals surface area contributed by atoms with Crippen LogP contribution in [0.5, 0.6) is 5.75 Å². The van der Waals surface area contributed by atoms with Crippen molar-refractivity contribution in [2.24, 2.45) is 0 Å². The fourth-order valence-corrected chi connectivity index (χ4v) is 2.02. The molecule has 0 spiro atoms. The monoisotopic (exact) mass is 288 g/mol. The number of pyridine rings is 1. The van der Waals surface area contributed by atoms with Crippen LogP contribution < -0.4 is 10.1 Å². The van der Waals surface area contributed by atoms with Crippen LogP contribution in [0.4, 0.5) is 4.39 Å². The van der Waals surface area contributed by atoms with Crippen LogP contribution in [0.15, 0.2) is 42.5 Å². The van der Waals surface area contributed by atoms with Crippen LogP contribution in [0, 0.1) is 5.95 Å². The molecular formula is C16H17FN2O2. The summed E-state index contributed by atoms with van der Waals surface area (Å²) in [6, 6.07) is 11.5. The number of aromatic nitrogens is 1. The predicted octanol–water partition coefficient (Wildman–Crippen LogP) is 3.11. The second kappa shape index (κ2) is 6.83. The summed E-state index contributed by atoms with van der Waals surface area (Å²) < 4.78 is 18.2. The van der Waals surface area contributed by atoms with Crippen LogP contribution >= 0.6 is 0 Å². The lowest BCUT2D eigenvalue weighted by molar-refractivity contribution is 0.0929. The molecule has 1 aromatic carbocycles. The number of nitrogens with zero attached hydrogens (tertiary/aromatic N) is 1. The smallest absolute Gasteiger partial charge is 0.270 e. The normalized spacial score (nSPS) is 11.8. The molecule has 1 aromatic heterocycles. The molecule has 1 N–H and O–H groups in total. The van der Waals surface area contributed by atoms with Gasteiger partial charge in [0.1, 0.15) is 11.4 Å². The van der Waals surface area contributed by atoms with Gasteiger partial charge in [-0.2, -0.15) is 4.39 Å². The van der Waals surface area contributed by atoms with Gasteiger partial charge in [0, 0.05) is 0 Å². The fraction of sp³-hybridized carbons (Fsp3) is 0.250. The van der Waals surface area contributed by atoms with Crippen LogP contribution in [0.1, 0.15) is 35.4 Å². The van der Waals surface area contributed by atoms with E-state index in [1.807, 2.05) is 31.2 Å². The molecule has 1 amide bonds. The van der Waals surface area contributed by atoms with Crippen LogP contribution in [0.3, 0.4) is 0 Å². The Morgan fingerprint density at radius 2 is 2.00 bits per heavy atom. The minimum atomic E-state index is -0.667. The van der Waals surface area contributed by atoms with Crippen molar-refractivity contribution < 1.29 is 13.9 Å². The van der Waals surface area contributed by atoms with Gasteiger partial charge in [0.05, 0.1) is 13.2 Å². The minimum absolute atomic E-state index is 0.0713. The van der Waals surface area contributed by atoms with Gasteiger partial charge in [-0.05, 0) is 36.2 Å². The second-order valence-electron chi connectivity index (χ2n) is 4.55. The second-order valence-corrected chi connectivity index (χ2v) is 4.55. The highest BCUT2D eigenvalue weighted by Gasteiger charge is 2.15. The Balaban J connectivity index is 2.12. The fourth-order valence-electron chi connectivity index (χ4n) is 2.02. The van der Waals surface area contributed by atoms with Crippen molar-refractivity contribution in [3.8, 4) is 5.75 Å². The Morgan fingerprint density at radius 1 is 1.29 bits per heavy atom. The van der Waals surface area contributed by atoms with Crippen LogP contribution in [-0.2, 0) is 0 Å². The predicted molar refractivity (Wildman–Crippen MR) is 77.7 cm³/mol. The third-order valence-corrected chi connectivity index (χ3v) is 3.18. The molecule has 5 heteroatoms. The van der Waals surface area contributed by atoms with E-state index in [1.165, 1.54) is 18.2 Å². The molecule has 21 heavy (non-hydrogen) atoms. The largest absolute Gasteiger partial charge is 0.497 e. The van der Waals surface area contributed by atoms with Gasteiger partial charge in [0.25, 0.3) is 5.91 Å². The number of carbonyl (C=O) groups is 1. The van der Waals surface area contributed by atoms with Gasteiger partial charge < -0.3 is 10.1 Å². The summed E-state index contributed by atoms with van der Waals surface area (Å²) in [4.78, 5) is 15.7. The summed E-state index contributed by atoms with van der Waals surface area (Å²) in [5, 5.41) is 2.86. The average molecular weight is 288 g/mol. The van der Waals surface area contributed by atoms with E-state index >= 15 is 0 Å². The highest BCUT2D eigenvalue weighted by Crippen LogP contribution is 2.20. The molecule has 0 aliphatic carbocycles. The van der Waals surface area contributed by atoms with Crippen molar-refractivity contribution in [1.29, 1.82) is 0 Å². The Bertz CT molecular complexity index is 614. The van der Waals surface area contributed by atoms with Crippen molar-refractivity contribution >= 4 is 5.91 Å². The lowest BCUT2D eigenvalue weighted by Gasteiger charge is -2.17. The van der Waals surface area contributed by atoms with Crippen LogP contribution in [0.25, 0.3) is 0 Å². The van der Waals surface area contributed by atoms with Crippen molar-refractivity contribution in [2.45, 2.75) is 19.4 Å². The standard InChI is InChI=1S/C16H17FN2O2/c1-3-13(11-7-9-12(21-2)10-8-11)19-16(20)14-5-4-6-15(17)18-14/h4-10,13H,3H2,1-2H3,(H,19,20). The highest BCUT2D eigenvalue weighted by molar-refractivity contribution is 5.92. The van der Waals surface area contributed by atoms with Gasteiger partial charge >= 0.3 is 0 Å². The first-order chi connectivity index (χ1) is 10.1. The number of halogens is 1. The molecule has 0 aliphatic rings. The van der Waals surface area contributed by atoms with Gasteiger partial charge in [0.2, 0.25) is 5.95 Å². The number of nitrogens with one attached hydrogen (secondary N) is 1. The topological polar surface area (TPSA) is 51.2 Å². The summed E-state index contributed by atoms with van der Waals surface area (Å²) in [7, 11) is 1.60. The molecule has 1 heterocycles. The number of hydrogen-bond acceptors (Lipinski definition) is 3. The Kier molecular flexibility index (Phi) is 4.87. The maximum atomic E-state index is 13.0. The maximum Gasteiger partial charge on any atom is 0.270 e. The van der Waals surface area contributed by atoms with Crippen molar-refractivity contribution in [1.82, 2.24) is 10.3 Å². The minimum Gasteiger partial charge on any atom is -0.497 e. The van der Waals surface area contributed by atoms with Crippen LogP contribution in [0.2, 0.25) is 0 Å². The van der Waals surface area contributed by atoms with E-state index < -0.39 is 11.9 Å². The van der Waals surface area contributed by atoms with E-state index in [9.17, 15) is 9.18 Å². The molecule has 0 saturated carbocycles. The number of ether oxygens (including phenoxy) is 1. The Morgan fingerprint density at radius 3 is 2.57 bits per heavy atom. The zero-order valence-corrected chi connectivity index (χ0v) is 12.0. The molecule has 2 rings (SSSR count). The third kappa shape index (κ3) is 3.78. The molecule has 4 nitrogen and oxygen atoms in total. The summed E-state index contributed by atoms with van der Waals surface area (Å²) in [5.74, 6) is -0.302. The lowest BCUT2D eigenvalue weighted by Crippen LogP contribution is -2.29. The van der Waals surface area contributed by atoms with Gasteiger partial charge in [-0.15, -0.1) is 0 Å². The number of benzene rings is 1. The first-order valence-corrected chi connectivity index (χ1v) is 6.71. The van der Waals surface area contributed by atoms with E-state index in [0.29, 0.717) is 6.42 Å². The summed E-state index contributed by atoms with van der Waals surface area (Å²) in [6.07, 6.45) is 0.716. The quantitative estimate of drug-likeness (QED) is 0.860. The molecule has 0 bridgehead atoms. The highest BCUT2D eigenvalue weighted by atomic mass is 19.1. The van der Waals surface area contributed by atoms with Crippen molar-refractivity contribution in [3.63, 3.8) is 0 Å². The Labute approximate surface area is 123 Å². The molecule has 0 aliphatic heterocycles. The van der Waals surface area contributed by atoms with E-state index in [1.54, 1.807) is 7.11 Å². The van der Waals surface area contributed by atoms with Gasteiger partial charge in [-0.25, -0.2) is 4.98 Å². The van der Waals surface area contributed by atoms with Crippen molar-refractivity contribution in [3.05, 3.63) is 59.7 Å². The molecule has 110 valence electrons. The number of hydrogen-bond donors (Lipinski definition) is 1. The van der Waals surface area contributed by atoms with Crippen LogP contribution in [-0.4, -0.2) is 18.0 Å². The van der Waals surface area contributed by atoms with E-state index in [4.69, 9.17) is 4.74 Å². The van der Waals surface area contributed by atoms with Gasteiger partial charge in [-0.3, -0.25) is 4.79 Å². The number of carbonyl (C=O) groups excluding carboxylic acids is 1. The zero-order valence-electron chi connectivity index (χ0n) is 12.0. The van der Waals surface area contributed by atoms with Crippen molar-refractivity contribution in [2.75, 3.05) is 7.11 Å². The summed E-state index contributed by atoms with van der Waals surface area (Å²) in [6.45, 7) is 1.97. The molecule has 1 unspecified atom stereocenters. The first-order valence-electron chi connectivity index (χ1n) is 6.71. The lowest BCUT2D eigenvalue weighted by atomic mass is 10.0. The van der Waals surface area contributed by atoms with E-state index in [0.717, 1.165) is 11.3 Å². The number of amides is 1. The maximum absolute atomic E-state index is 13.0. The van der Waals surface area contributed by atoms with E-state index in [-0.39, 0.29) is 11.7 Å². The molecule has 2 aromatic rings. The molecule has 0 fully saturated rings.